The van der Waals surface area contributed by atoms with Crippen molar-refractivity contribution in [1.29, 1.82) is 0 Å². The Hall–Kier alpha value is -3.33. The Labute approximate surface area is 154 Å². The van der Waals surface area contributed by atoms with Crippen LogP contribution in [0.5, 0.6) is 0 Å². The number of ether oxygens (including phenoxy) is 1. The second kappa shape index (κ2) is 8.67. The predicted octanol–water partition coefficient (Wildman–Crippen LogP) is 5.56. The highest BCUT2D eigenvalue weighted by atomic mass is 16.6. The second-order valence-corrected chi connectivity index (χ2v) is 5.85. The van der Waals surface area contributed by atoms with Gasteiger partial charge in [-0.15, -0.1) is 0 Å². The van der Waals surface area contributed by atoms with Gasteiger partial charge in [-0.2, -0.15) is 0 Å². The lowest BCUT2D eigenvalue weighted by Crippen LogP contribution is -2.31. The van der Waals surface area contributed by atoms with Crippen LogP contribution in [-0.4, -0.2) is 11.0 Å². The van der Waals surface area contributed by atoms with E-state index >= 15 is 0 Å². The summed E-state index contributed by atoms with van der Waals surface area (Å²) in [5.41, 5.74) is 2.94. The predicted molar refractivity (Wildman–Crippen MR) is 103 cm³/mol. The lowest BCUT2D eigenvalue weighted by atomic mass is 9.97. The molecule has 1 amide bonds. The van der Waals surface area contributed by atoms with Crippen LogP contribution in [0.4, 0.5) is 4.79 Å². The van der Waals surface area contributed by atoms with Crippen molar-refractivity contribution in [3.63, 3.8) is 0 Å². The first-order valence-corrected chi connectivity index (χ1v) is 8.51. The van der Waals surface area contributed by atoms with Gasteiger partial charge in [-0.3, -0.25) is 4.90 Å². The summed E-state index contributed by atoms with van der Waals surface area (Å²) in [4.78, 5) is 14.3. The van der Waals surface area contributed by atoms with Crippen molar-refractivity contribution in [2.75, 3.05) is 0 Å². The molecule has 0 bridgehead atoms. The minimum atomic E-state index is -0.429. The van der Waals surface area contributed by atoms with E-state index in [1.54, 1.807) is 0 Å². The number of rotatable bonds is 6. The summed E-state index contributed by atoms with van der Waals surface area (Å²) in [6, 6.07) is 29.1. The zero-order valence-corrected chi connectivity index (χ0v) is 14.5. The van der Waals surface area contributed by atoms with Crippen LogP contribution in [0.15, 0.2) is 104 Å². The van der Waals surface area contributed by atoms with Gasteiger partial charge in [0.1, 0.15) is 6.61 Å². The zero-order valence-electron chi connectivity index (χ0n) is 14.5. The fourth-order valence-corrected chi connectivity index (χ4v) is 2.86. The maximum atomic E-state index is 12.8. The van der Waals surface area contributed by atoms with Crippen LogP contribution in [0.1, 0.15) is 22.7 Å². The number of carbonyl (C=O) groups excluding carboxylic acids is 1. The Bertz CT molecular complexity index is 792. The van der Waals surface area contributed by atoms with E-state index in [9.17, 15) is 4.79 Å². The molecule has 0 saturated heterocycles. The van der Waals surface area contributed by atoms with Gasteiger partial charge in [0.25, 0.3) is 0 Å². The number of hydrogen-bond donors (Lipinski definition) is 0. The van der Waals surface area contributed by atoms with Crippen LogP contribution in [-0.2, 0) is 11.3 Å². The highest BCUT2D eigenvalue weighted by Gasteiger charge is 2.25. The maximum Gasteiger partial charge on any atom is 0.414 e. The summed E-state index contributed by atoms with van der Waals surface area (Å²) in [6.45, 7) is 4.06. The van der Waals surface area contributed by atoms with E-state index in [0.29, 0.717) is 0 Å². The first-order valence-electron chi connectivity index (χ1n) is 8.51. The number of nitrogens with zero attached hydrogens (tertiary/aromatic N) is 1. The van der Waals surface area contributed by atoms with Crippen LogP contribution in [0.25, 0.3) is 0 Å². The SMILES string of the molecule is C=CN(C(=O)OCc1ccccc1)C(c1ccccc1)c1ccccc1. The number of hydrogen-bond acceptors (Lipinski definition) is 2. The summed E-state index contributed by atoms with van der Waals surface area (Å²) < 4.78 is 5.52. The largest absolute Gasteiger partial charge is 0.444 e. The van der Waals surface area contributed by atoms with E-state index in [0.717, 1.165) is 16.7 Å². The van der Waals surface area contributed by atoms with Crippen LogP contribution in [0.2, 0.25) is 0 Å². The van der Waals surface area contributed by atoms with Crippen LogP contribution >= 0.6 is 0 Å². The van der Waals surface area contributed by atoms with Crippen molar-refractivity contribution in [3.05, 3.63) is 120 Å². The van der Waals surface area contributed by atoms with Gasteiger partial charge in [0, 0.05) is 6.20 Å². The molecule has 3 aromatic rings. The molecule has 3 rings (SSSR count). The molecule has 0 aliphatic rings. The average molecular weight is 343 g/mol. The molecule has 0 fully saturated rings. The summed E-state index contributed by atoms with van der Waals surface area (Å²) in [5.74, 6) is 0. The van der Waals surface area contributed by atoms with E-state index < -0.39 is 6.09 Å². The molecular weight excluding hydrogens is 322 g/mol. The van der Waals surface area contributed by atoms with E-state index in [-0.39, 0.29) is 12.6 Å². The minimum Gasteiger partial charge on any atom is -0.444 e. The first kappa shape index (κ1) is 17.5. The van der Waals surface area contributed by atoms with E-state index in [1.807, 2.05) is 91.0 Å². The van der Waals surface area contributed by atoms with Crippen molar-refractivity contribution < 1.29 is 9.53 Å². The molecule has 3 nitrogen and oxygen atoms in total. The van der Waals surface area contributed by atoms with Gasteiger partial charge in [-0.05, 0) is 16.7 Å². The molecule has 0 saturated carbocycles. The number of carbonyl (C=O) groups is 1. The molecule has 0 N–H and O–H groups in total. The smallest absolute Gasteiger partial charge is 0.414 e. The summed E-state index contributed by atoms with van der Waals surface area (Å²) in [7, 11) is 0. The molecule has 0 atom stereocenters. The molecule has 0 spiro atoms. The molecule has 0 heterocycles. The normalized spacial score (nSPS) is 10.3. The van der Waals surface area contributed by atoms with E-state index in [1.165, 1.54) is 11.1 Å². The summed E-state index contributed by atoms with van der Waals surface area (Å²) in [5, 5.41) is 0. The molecule has 130 valence electrons. The molecular formula is C23H21NO2. The Balaban J connectivity index is 1.85. The fourth-order valence-electron chi connectivity index (χ4n) is 2.86. The molecule has 0 aromatic heterocycles. The van der Waals surface area contributed by atoms with Gasteiger partial charge in [0.05, 0.1) is 6.04 Å². The third-order valence-corrected chi connectivity index (χ3v) is 4.12. The average Bonchev–Trinajstić information content (AvgIpc) is 2.72. The molecule has 0 unspecified atom stereocenters. The Morgan fingerprint density at radius 1 is 0.846 bits per heavy atom. The fraction of sp³-hybridized carbons (Fsp3) is 0.0870. The van der Waals surface area contributed by atoms with Gasteiger partial charge in [0.2, 0.25) is 0 Å². The van der Waals surface area contributed by atoms with Gasteiger partial charge in [0.15, 0.2) is 0 Å². The molecule has 26 heavy (non-hydrogen) atoms. The van der Waals surface area contributed by atoms with E-state index in [4.69, 9.17) is 4.74 Å². The first-order chi connectivity index (χ1) is 12.8. The molecule has 0 radical (unpaired) electrons. The Kier molecular flexibility index (Phi) is 5.84. The summed E-state index contributed by atoms with van der Waals surface area (Å²) >= 11 is 0. The maximum absolute atomic E-state index is 12.8. The highest BCUT2D eigenvalue weighted by Crippen LogP contribution is 2.29. The lowest BCUT2D eigenvalue weighted by molar-refractivity contribution is 0.103. The van der Waals surface area contributed by atoms with Gasteiger partial charge in [-0.1, -0.05) is 97.6 Å². The van der Waals surface area contributed by atoms with Crippen molar-refractivity contribution in [1.82, 2.24) is 4.90 Å². The van der Waals surface area contributed by atoms with Crippen molar-refractivity contribution in [2.24, 2.45) is 0 Å². The third kappa shape index (κ3) is 4.19. The standard InChI is InChI=1S/C23H21NO2/c1-2-24(23(25)26-18-19-12-6-3-7-13-19)22(20-14-8-4-9-15-20)21-16-10-5-11-17-21/h2-17,22H,1,18H2. The third-order valence-electron chi connectivity index (χ3n) is 4.12. The van der Waals surface area contributed by atoms with Crippen molar-refractivity contribution in [2.45, 2.75) is 12.6 Å². The minimum absolute atomic E-state index is 0.223. The highest BCUT2D eigenvalue weighted by molar-refractivity contribution is 5.70. The monoisotopic (exact) mass is 343 g/mol. The zero-order chi connectivity index (χ0) is 18.2. The summed E-state index contributed by atoms with van der Waals surface area (Å²) in [6.07, 6.45) is 1.10. The Morgan fingerprint density at radius 3 is 1.77 bits per heavy atom. The van der Waals surface area contributed by atoms with Gasteiger partial charge in [-0.25, -0.2) is 4.79 Å². The van der Waals surface area contributed by atoms with Gasteiger partial charge < -0.3 is 4.74 Å². The van der Waals surface area contributed by atoms with E-state index in [2.05, 4.69) is 6.58 Å². The lowest BCUT2D eigenvalue weighted by Gasteiger charge is -2.29. The topological polar surface area (TPSA) is 29.5 Å². The second-order valence-electron chi connectivity index (χ2n) is 5.85. The number of benzene rings is 3. The molecule has 3 heteroatoms. The molecule has 0 aliphatic carbocycles. The Morgan fingerprint density at radius 2 is 1.31 bits per heavy atom. The molecule has 0 aliphatic heterocycles. The van der Waals surface area contributed by atoms with Crippen LogP contribution < -0.4 is 0 Å². The quantitative estimate of drug-likeness (QED) is 0.586. The number of amides is 1. The van der Waals surface area contributed by atoms with Crippen molar-refractivity contribution in [3.8, 4) is 0 Å². The van der Waals surface area contributed by atoms with Crippen LogP contribution in [0, 0.1) is 0 Å². The van der Waals surface area contributed by atoms with Gasteiger partial charge >= 0.3 is 6.09 Å². The van der Waals surface area contributed by atoms with Crippen molar-refractivity contribution >= 4 is 6.09 Å². The van der Waals surface area contributed by atoms with Crippen LogP contribution in [0.3, 0.4) is 0 Å². The molecule has 3 aromatic carbocycles.